The Morgan fingerprint density at radius 1 is 1.21 bits per heavy atom. The number of β-amino-alcohol motifs (C(OH)–C–C–N with tert-alkyl or cyclic N) is 1. The SMILES string of the molecule is COc1ccc(CNCCOc2nonc2C)cc1OCC(O)CN1CCCC1. The summed E-state index contributed by atoms with van der Waals surface area (Å²) >= 11 is 0. The Morgan fingerprint density at radius 3 is 2.76 bits per heavy atom. The van der Waals surface area contributed by atoms with Crippen molar-refractivity contribution in [1.29, 1.82) is 0 Å². The average Bonchev–Trinajstić information content (AvgIpc) is 3.38. The number of methoxy groups -OCH3 is 1. The molecule has 1 unspecified atom stereocenters. The number of rotatable bonds is 12. The van der Waals surface area contributed by atoms with Crippen LogP contribution in [0.15, 0.2) is 22.8 Å². The van der Waals surface area contributed by atoms with E-state index in [0.29, 0.717) is 49.3 Å². The fourth-order valence-electron chi connectivity index (χ4n) is 3.25. The largest absolute Gasteiger partial charge is 0.493 e. The topological polar surface area (TPSA) is 102 Å². The number of hydrogen-bond acceptors (Lipinski definition) is 9. The number of hydrogen-bond donors (Lipinski definition) is 2. The van der Waals surface area contributed by atoms with Gasteiger partial charge in [-0.25, -0.2) is 4.63 Å². The third-order valence-corrected chi connectivity index (χ3v) is 4.78. The highest BCUT2D eigenvalue weighted by Crippen LogP contribution is 2.28. The van der Waals surface area contributed by atoms with Crippen LogP contribution in [0.5, 0.6) is 17.4 Å². The predicted octanol–water partition coefficient (Wildman–Crippen LogP) is 1.39. The molecule has 0 amide bonds. The average molecular weight is 406 g/mol. The van der Waals surface area contributed by atoms with Gasteiger partial charge in [-0.05, 0) is 55.7 Å². The number of aryl methyl sites for hydroxylation is 1. The highest BCUT2D eigenvalue weighted by atomic mass is 16.6. The van der Waals surface area contributed by atoms with E-state index in [1.807, 2.05) is 18.2 Å². The lowest BCUT2D eigenvalue weighted by Crippen LogP contribution is -2.33. The van der Waals surface area contributed by atoms with Crippen molar-refractivity contribution in [3.8, 4) is 17.4 Å². The van der Waals surface area contributed by atoms with Gasteiger partial charge in [-0.1, -0.05) is 11.2 Å². The summed E-state index contributed by atoms with van der Waals surface area (Å²) in [5, 5.41) is 20.9. The number of aliphatic hydroxyl groups excluding tert-OH is 1. The summed E-state index contributed by atoms with van der Waals surface area (Å²) in [5.41, 5.74) is 1.68. The third kappa shape index (κ3) is 6.59. The molecule has 1 aromatic heterocycles. The maximum absolute atomic E-state index is 10.3. The minimum atomic E-state index is -0.522. The van der Waals surface area contributed by atoms with Gasteiger partial charge in [-0.15, -0.1) is 0 Å². The molecule has 2 N–H and O–H groups in total. The van der Waals surface area contributed by atoms with Crippen LogP contribution in [0.25, 0.3) is 0 Å². The molecule has 1 aromatic carbocycles. The van der Waals surface area contributed by atoms with Crippen molar-refractivity contribution >= 4 is 0 Å². The summed E-state index contributed by atoms with van der Waals surface area (Å²) in [7, 11) is 1.61. The first-order valence-corrected chi connectivity index (χ1v) is 9.98. The van der Waals surface area contributed by atoms with Crippen LogP contribution in [0.3, 0.4) is 0 Å². The van der Waals surface area contributed by atoms with E-state index < -0.39 is 6.10 Å². The van der Waals surface area contributed by atoms with Crippen molar-refractivity contribution in [2.45, 2.75) is 32.4 Å². The quantitative estimate of drug-likeness (QED) is 0.506. The molecule has 3 rings (SSSR count). The zero-order valence-corrected chi connectivity index (χ0v) is 17.1. The van der Waals surface area contributed by atoms with Crippen molar-refractivity contribution < 1.29 is 23.9 Å². The van der Waals surface area contributed by atoms with Crippen molar-refractivity contribution in [3.05, 3.63) is 29.5 Å². The number of benzene rings is 1. The highest BCUT2D eigenvalue weighted by molar-refractivity contribution is 5.43. The Bertz CT molecular complexity index is 748. The van der Waals surface area contributed by atoms with E-state index in [2.05, 4.69) is 25.2 Å². The molecule has 1 fully saturated rings. The molecule has 0 radical (unpaired) electrons. The van der Waals surface area contributed by atoms with Gasteiger partial charge in [0.15, 0.2) is 11.5 Å². The zero-order chi connectivity index (χ0) is 20.5. The molecule has 1 saturated heterocycles. The summed E-state index contributed by atoms with van der Waals surface area (Å²) in [5.74, 6) is 1.70. The summed E-state index contributed by atoms with van der Waals surface area (Å²) in [6.07, 6.45) is 1.89. The van der Waals surface area contributed by atoms with Gasteiger partial charge in [0.05, 0.1) is 7.11 Å². The van der Waals surface area contributed by atoms with Gasteiger partial charge >= 0.3 is 0 Å². The predicted molar refractivity (Wildman–Crippen MR) is 106 cm³/mol. The Morgan fingerprint density at radius 2 is 2.03 bits per heavy atom. The minimum Gasteiger partial charge on any atom is -0.493 e. The van der Waals surface area contributed by atoms with Crippen molar-refractivity contribution in [2.75, 3.05) is 46.5 Å². The summed E-state index contributed by atoms with van der Waals surface area (Å²) in [4.78, 5) is 2.27. The van der Waals surface area contributed by atoms with Gasteiger partial charge in [0.25, 0.3) is 5.88 Å². The van der Waals surface area contributed by atoms with E-state index >= 15 is 0 Å². The number of nitrogens with one attached hydrogen (secondary N) is 1. The first-order chi connectivity index (χ1) is 14.2. The Hall–Kier alpha value is -2.36. The van der Waals surface area contributed by atoms with Gasteiger partial charge < -0.3 is 29.5 Å². The number of aromatic nitrogens is 2. The maximum Gasteiger partial charge on any atom is 0.278 e. The third-order valence-electron chi connectivity index (χ3n) is 4.78. The maximum atomic E-state index is 10.3. The lowest BCUT2D eigenvalue weighted by Gasteiger charge is -2.20. The molecule has 9 heteroatoms. The van der Waals surface area contributed by atoms with Crippen LogP contribution in [-0.4, -0.2) is 72.9 Å². The first kappa shape index (κ1) is 21.4. The number of nitrogens with zero attached hydrogens (tertiary/aromatic N) is 3. The van der Waals surface area contributed by atoms with Crippen molar-refractivity contribution in [2.24, 2.45) is 0 Å². The molecule has 9 nitrogen and oxygen atoms in total. The van der Waals surface area contributed by atoms with E-state index in [1.165, 1.54) is 12.8 Å². The summed E-state index contributed by atoms with van der Waals surface area (Å²) in [6, 6.07) is 5.78. The number of likely N-dealkylation sites (tertiary alicyclic amines) is 1. The zero-order valence-electron chi connectivity index (χ0n) is 17.1. The fraction of sp³-hybridized carbons (Fsp3) is 0.600. The summed E-state index contributed by atoms with van der Waals surface area (Å²) in [6.45, 7) is 6.51. The smallest absolute Gasteiger partial charge is 0.278 e. The van der Waals surface area contributed by atoms with E-state index in [4.69, 9.17) is 14.2 Å². The lowest BCUT2D eigenvalue weighted by molar-refractivity contribution is 0.0746. The second kappa shape index (κ2) is 11.0. The second-order valence-electron chi connectivity index (χ2n) is 7.14. The van der Waals surface area contributed by atoms with Crippen LogP contribution in [0, 0.1) is 6.92 Å². The molecule has 29 heavy (non-hydrogen) atoms. The Labute approximate surface area is 170 Å². The van der Waals surface area contributed by atoms with E-state index in [0.717, 1.165) is 18.7 Å². The second-order valence-corrected chi connectivity index (χ2v) is 7.14. The molecule has 0 spiro atoms. The first-order valence-electron chi connectivity index (χ1n) is 9.98. The monoisotopic (exact) mass is 406 g/mol. The highest BCUT2D eigenvalue weighted by Gasteiger charge is 2.17. The Balaban J connectivity index is 1.43. The van der Waals surface area contributed by atoms with Gasteiger partial charge in [-0.2, -0.15) is 0 Å². The van der Waals surface area contributed by atoms with Crippen LogP contribution in [-0.2, 0) is 6.54 Å². The molecule has 1 atom stereocenters. The van der Waals surface area contributed by atoms with E-state index in [-0.39, 0.29) is 6.61 Å². The molecule has 160 valence electrons. The van der Waals surface area contributed by atoms with Crippen LogP contribution >= 0.6 is 0 Å². The normalized spacial score (nSPS) is 15.4. The molecular formula is C20H30N4O5. The van der Waals surface area contributed by atoms with E-state index in [1.54, 1.807) is 14.0 Å². The van der Waals surface area contributed by atoms with Crippen molar-refractivity contribution in [3.63, 3.8) is 0 Å². The molecule has 0 saturated carbocycles. The lowest BCUT2D eigenvalue weighted by atomic mass is 10.2. The summed E-state index contributed by atoms with van der Waals surface area (Å²) < 4.78 is 21.3. The van der Waals surface area contributed by atoms with Gasteiger partial charge in [0, 0.05) is 19.6 Å². The van der Waals surface area contributed by atoms with Crippen LogP contribution < -0.4 is 19.5 Å². The number of ether oxygens (including phenoxy) is 3. The molecular weight excluding hydrogens is 376 g/mol. The number of aliphatic hydroxyl groups is 1. The minimum absolute atomic E-state index is 0.239. The van der Waals surface area contributed by atoms with Crippen LogP contribution in [0.2, 0.25) is 0 Å². The fourth-order valence-corrected chi connectivity index (χ4v) is 3.25. The standard InChI is InChI=1S/C20H30N4O5/c1-15-20(23-29-22-15)27-10-7-21-12-16-5-6-18(26-2)19(11-16)28-14-17(25)13-24-8-3-4-9-24/h5-6,11,17,21,25H,3-4,7-10,12-14H2,1-2H3. The van der Waals surface area contributed by atoms with Gasteiger partial charge in [-0.3, -0.25) is 0 Å². The van der Waals surface area contributed by atoms with Gasteiger partial charge in [0.2, 0.25) is 0 Å². The van der Waals surface area contributed by atoms with E-state index in [9.17, 15) is 5.11 Å². The Kier molecular flexibility index (Phi) is 8.09. The van der Waals surface area contributed by atoms with Crippen LogP contribution in [0.1, 0.15) is 24.1 Å². The van der Waals surface area contributed by atoms with Gasteiger partial charge in [0.1, 0.15) is 25.0 Å². The molecule has 1 aliphatic rings. The molecule has 0 bridgehead atoms. The molecule has 2 aromatic rings. The van der Waals surface area contributed by atoms with Crippen molar-refractivity contribution in [1.82, 2.24) is 20.5 Å². The molecule has 2 heterocycles. The molecule has 1 aliphatic heterocycles. The van der Waals surface area contributed by atoms with Crippen LogP contribution in [0.4, 0.5) is 0 Å². The molecule has 0 aliphatic carbocycles.